The second-order valence-electron chi connectivity index (χ2n) is 5.22. The Bertz CT molecular complexity index is 575. The number of hydrogen-bond acceptors (Lipinski definition) is 2. The van der Waals surface area contributed by atoms with Crippen molar-refractivity contribution in [3.63, 3.8) is 0 Å². The molecule has 0 saturated carbocycles. The number of benzene rings is 1. The van der Waals surface area contributed by atoms with Crippen LogP contribution in [0.15, 0.2) is 24.3 Å². The normalized spacial score (nSPS) is 20.2. The zero-order chi connectivity index (χ0) is 16.3. The van der Waals surface area contributed by atoms with Crippen LogP contribution in [-0.2, 0) is 15.8 Å². The molecule has 0 aromatic heterocycles. The van der Waals surface area contributed by atoms with Gasteiger partial charge in [-0.2, -0.15) is 13.2 Å². The lowest BCUT2D eigenvalue weighted by Gasteiger charge is -2.28. The summed E-state index contributed by atoms with van der Waals surface area (Å²) in [6.45, 7) is 2.91. The molecule has 1 heterocycles. The fourth-order valence-corrected chi connectivity index (χ4v) is 2.30. The Labute approximate surface area is 125 Å². The third-order valence-corrected chi connectivity index (χ3v) is 3.62. The first-order chi connectivity index (χ1) is 10.3. The number of alkyl halides is 3. The van der Waals surface area contributed by atoms with Crippen molar-refractivity contribution in [2.45, 2.75) is 19.1 Å². The molecule has 0 aliphatic carbocycles. The van der Waals surface area contributed by atoms with Crippen molar-refractivity contribution >= 4 is 17.5 Å². The van der Waals surface area contributed by atoms with Crippen molar-refractivity contribution in [3.8, 4) is 0 Å². The molecule has 1 aliphatic rings. The van der Waals surface area contributed by atoms with E-state index in [4.69, 9.17) is 0 Å². The molecule has 0 spiro atoms. The summed E-state index contributed by atoms with van der Waals surface area (Å²) in [5.41, 5.74) is -0.727. The van der Waals surface area contributed by atoms with Crippen molar-refractivity contribution < 1.29 is 27.7 Å². The number of anilines is 1. The van der Waals surface area contributed by atoms with E-state index < -0.39 is 23.7 Å². The van der Waals surface area contributed by atoms with Gasteiger partial charge in [0.15, 0.2) is 12.6 Å². The highest BCUT2D eigenvalue weighted by Crippen LogP contribution is 2.30. The van der Waals surface area contributed by atoms with Crippen LogP contribution < -0.4 is 15.5 Å². The Morgan fingerprint density at radius 1 is 1.41 bits per heavy atom. The maximum absolute atomic E-state index is 12.6. The third kappa shape index (κ3) is 3.97. The average molecular weight is 316 g/mol. The van der Waals surface area contributed by atoms with E-state index in [-0.39, 0.29) is 18.1 Å². The summed E-state index contributed by atoms with van der Waals surface area (Å²) in [7, 11) is 0. The fraction of sp³-hybridized carbons (Fsp3) is 0.429. The quantitative estimate of drug-likeness (QED) is 0.738. The van der Waals surface area contributed by atoms with E-state index in [2.05, 4.69) is 10.6 Å². The van der Waals surface area contributed by atoms with E-state index >= 15 is 0 Å². The highest BCUT2D eigenvalue weighted by molar-refractivity contribution is 5.93. The Morgan fingerprint density at radius 2 is 2.14 bits per heavy atom. The zero-order valence-corrected chi connectivity index (χ0v) is 12.0. The monoisotopic (exact) mass is 316 g/mol. The molecule has 1 unspecified atom stereocenters. The lowest BCUT2D eigenvalue weighted by Crippen LogP contribution is -3.19. The number of carbonyl (C=O) groups excluding carboxylic acids is 2. The summed E-state index contributed by atoms with van der Waals surface area (Å²) in [5, 5.41) is 5.14. The van der Waals surface area contributed by atoms with E-state index in [0.29, 0.717) is 13.1 Å². The van der Waals surface area contributed by atoms with Crippen LogP contribution >= 0.6 is 0 Å². The predicted octanol–water partition coefficient (Wildman–Crippen LogP) is 0.0471. The Kier molecular flexibility index (Phi) is 4.70. The van der Waals surface area contributed by atoms with Gasteiger partial charge in [-0.15, -0.1) is 0 Å². The van der Waals surface area contributed by atoms with Crippen LogP contribution in [0.25, 0.3) is 0 Å². The van der Waals surface area contributed by atoms with Gasteiger partial charge in [0.25, 0.3) is 11.8 Å². The predicted molar refractivity (Wildman–Crippen MR) is 73.2 cm³/mol. The first-order valence-corrected chi connectivity index (χ1v) is 6.87. The minimum absolute atomic E-state index is 0.0903. The minimum atomic E-state index is -4.46. The second kappa shape index (κ2) is 6.35. The molecular formula is C14H17F3N3O2+. The number of carbonyl (C=O) groups is 2. The van der Waals surface area contributed by atoms with Gasteiger partial charge >= 0.3 is 6.18 Å². The molecule has 120 valence electrons. The molecule has 2 atom stereocenters. The first-order valence-electron chi connectivity index (χ1n) is 6.87. The average Bonchev–Trinajstić information content (AvgIpc) is 2.46. The third-order valence-electron chi connectivity index (χ3n) is 3.62. The van der Waals surface area contributed by atoms with Gasteiger partial charge < -0.3 is 15.5 Å². The van der Waals surface area contributed by atoms with Gasteiger partial charge in [-0.25, -0.2) is 0 Å². The van der Waals surface area contributed by atoms with Gasteiger partial charge in [-0.3, -0.25) is 9.59 Å². The van der Waals surface area contributed by atoms with E-state index in [1.807, 2.05) is 0 Å². The zero-order valence-electron chi connectivity index (χ0n) is 12.0. The summed E-state index contributed by atoms with van der Waals surface area (Å²) >= 11 is 0. The molecule has 0 bridgehead atoms. The van der Waals surface area contributed by atoms with Gasteiger partial charge in [-0.1, -0.05) is 6.07 Å². The molecule has 1 saturated heterocycles. The maximum Gasteiger partial charge on any atom is 0.416 e. The van der Waals surface area contributed by atoms with Crippen molar-refractivity contribution in [3.05, 3.63) is 29.8 Å². The number of piperazine rings is 1. The summed E-state index contributed by atoms with van der Waals surface area (Å²) in [6.07, 6.45) is -4.46. The number of nitrogens with one attached hydrogen (secondary N) is 3. The summed E-state index contributed by atoms with van der Waals surface area (Å²) in [5.74, 6) is -0.552. The fourth-order valence-electron chi connectivity index (χ4n) is 2.30. The summed E-state index contributed by atoms with van der Waals surface area (Å²) < 4.78 is 37.9. The molecule has 2 amide bonds. The second-order valence-corrected chi connectivity index (χ2v) is 5.22. The molecule has 2 rings (SSSR count). The van der Waals surface area contributed by atoms with Gasteiger partial charge in [0, 0.05) is 5.69 Å². The number of halogens is 3. The Balaban J connectivity index is 2.03. The van der Waals surface area contributed by atoms with Gasteiger partial charge in [0.1, 0.15) is 0 Å². The topological polar surface area (TPSA) is 62.6 Å². The van der Waals surface area contributed by atoms with E-state index in [9.17, 15) is 22.8 Å². The minimum Gasteiger partial charge on any atom is -0.346 e. The molecule has 1 aliphatic heterocycles. The molecule has 1 aromatic rings. The molecule has 5 nitrogen and oxygen atoms in total. The van der Waals surface area contributed by atoms with E-state index in [0.717, 1.165) is 17.0 Å². The van der Waals surface area contributed by atoms with E-state index in [1.54, 1.807) is 6.92 Å². The number of hydrogen-bond donors (Lipinski definition) is 3. The van der Waals surface area contributed by atoms with Crippen molar-refractivity contribution in [1.82, 2.24) is 5.32 Å². The molecule has 0 radical (unpaired) electrons. The summed E-state index contributed by atoms with van der Waals surface area (Å²) in [4.78, 5) is 24.2. The standard InChI is InChI=1S/C14H16F3N3O2/c1-9(20-6-5-18-12(21)8-20)13(22)19-11-4-2-3-10(7-11)14(15,16)17/h2-4,7,9H,5-6,8H2,1H3,(H,18,21)(H,19,22)/p+1/t9-/m0/s1. The van der Waals surface area contributed by atoms with Crippen LogP contribution in [-0.4, -0.2) is 37.5 Å². The number of rotatable bonds is 3. The van der Waals surface area contributed by atoms with Gasteiger partial charge in [0.05, 0.1) is 18.7 Å². The van der Waals surface area contributed by atoms with Crippen molar-refractivity contribution in [1.29, 1.82) is 0 Å². The largest absolute Gasteiger partial charge is 0.416 e. The molecular weight excluding hydrogens is 299 g/mol. The highest BCUT2D eigenvalue weighted by atomic mass is 19.4. The van der Waals surface area contributed by atoms with Crippen molar-refractivity contribution in [2.24, 2.45) is 0 Å². The van der Waals surface area contributed by atoms with Crippen LogP contribution in [0.1, 0.15) is 12.5 Å². The van der Waals surface area contributed by atoms with Crippen LogP contribution in [0.3, 0.4) is 0 Å². The Morgan fingerprint density at radius 3 is 2.77 bits per heavy atom. The SMILES string of the molecule is C[C@@H](C(=O)Nc1cccc(C(F)(F)F)c1)[NH+]1CCNC(=O)C1. The van der Waals surface area contributed by atoms with Gasteiger partial charge in [-0.05, 0) is 25.1 Å². The number of quaternary nitrogens is 1. The molecule has 1 aromatic carbocycles. The smallest absolute Gasteiger partial charge is 0.346 e. The van der Waals surface area contributed by atoms with Crippen molar-refractivity contribution in [2.75, 3.05) is 25.0 Å². The van der Waals surface area contributed by atoms with Crippen LogP contribution in [0.4, 0.5) is 18.9 Å². The lowest BCUT2D eigenvalue weighted by molar-refractivity contribution is -0.907. The van der Waals surface area contributed by atoms with Gasteiger partial charge in [0.2, 0.25) is 0 Å². The summed E-state index contributed by atoms with van der Waals surface area (Å²) in [6, 6.07) is 3.95. The molecule has 3 N–H and O–H groups in total. The maximum atomic E-state index is 12.6. The van der Waals surface area contributed by atoms with E-state index in [1.165, 1.54) is 12.1 Å². The lowest BCUT2D eigenvalue weighted by atomic mass is 10.1. The number of amides is 2. The first kappa shape index (κ1) is 16.3. The Hall–Kier alpha value is -2.09. The van der Waals surface area contributed by atoms with Crippen LogP contribution in [0.5, 0.6) is 0 Å². The highest BCUT2D eigenvalue weighted by Gasteiger charge is 2.32. The van der Waals surface area contributed by atoms with Crippen LogP contribution in [0.2, 0.25) is 0 Å². The molecule has 1 fully saturated rings. The van der Waals surface area contributed by atoms with Crippen LogP contribution in [0, 0.1) is 0 Å². The molecule has 22 heavy (non-hydrogen) atoms. The molecule has 8 heteroatoms.